The van der Waals surface area contributed by atoms with Gasteiger partial charge in [-0.25, -0.2) is 4.79 Å². The van der Waals surface area contributed by atoms with Crippen LogP contribution in [0.5, 0.6) is 0 Å². The van der Waals surface area contributed by atoms with Crippen LogP contribution in [0.2, 0.25) is 0 Å². The first-order chi connectivity index (χ1) is 8.97. The molecule has 0 spiro atoms. The van der Waals surface area contributed by atoms with E-state index in [-0.39, 0.29) is 17.3 Å². The van der Waals surface area contributed by atoms with Gasteiger partial charge in [0.05, 0.1) is 4.92 Å². The van der Waals surface area contributed by atoms with Crippen molar-refractivity contribution in [3.63, 3.8) is 0 Å². The number of hydrogen-bond acceptors (Lipinski definition) is 4. The molecule has 1 atom stereocenters. The second-order valence-corrected chi connectivity index (χ2v) is 5.02. The zero-order chi connectivity index (χ0) is 14.0. The molecular formula is C13H16N2O4. The second kappa shape index (κ2) is 5.26. The summed E-state index contributed by atoms with van der Waals surface area (Å²) in [6, 6.07) is 4.35. The van der Waals surface area contributed by atoms with Gasteiger partial charge < -0.3 is 10.4 Å². The predicted molar refractivity (Wildman–Crippen MR) is 70.5 cm³/mol. The number of hydrogen-bond donors (Lipinski definition) is 2. The largest absolute Gasteiger partial charge is 0.477 e. The van der Waals surface area contributed by atoms with Crippen LogP contribution in [0.4, 0.5) is 11.4 Å². The molecule has 2 N–H and O–H groups in total. The molecule has 0 saturated heterocycles. The third-order valence-corrected chi connectivity index (χ3v) is 3.22. The maximum absolute atomic E-state index is 10.9. The molecule has 19 heavy (non-hydrogen) atoms. The monoisotopic (exact) mass is 264 g/mol. The highest BCUT2D eigenvalue weighted by Crippen LogP contribution is 2.34. The number of nitrogens with one attached hydrogen (secondary N) is 1. The molecule has 0 heterocycles. The van der Waals surface area contributed by atoms with Gasteiger partial charge in [0.25, 0.3) is 5.69 Å². The van der Waals surface area contributed by atoms with Gasteiger partial charge in [0, 0.05) is 17.8 Å². The number of carboxylic acids is 1. The molecule has 6 heteroatoms. The SMILES string of the molecule is CC(CC1CC1)Nc1ccc(C(=O)O)c([N+](=O)[O-])c1. The Hall–Kier alpha value is -2.11. The lowest BCUT2D eigenvalue weighted by Gasteiger charge is -2.14. The standard InChI is InChI=1S/C13H16N2O4/c1-8(6-9-2-3-9)14-10-4-5-11(13(16)17)12(7-10)15(18)19/h4-5,7-9,14H,2-3,6H2,1H3,(H,16,17). The normalized spacial score (nSPS) is 15.8. The molecule has 0 amide bonds. The third kappa shape index (κ3) is 3.43. The summed E-state index contributed by atoms with van der Waals surface area (Å²) in [6.07, 6.45) is 3.54. The van der Waals surface area contributed by atoms with Crippen molar-refractivity contribution >= 4 is 17.3 Å². The number of carboxylic acid groups (broad SMARTS) is 1. The van der Waals surface area contributed by atoms with E-state index >= 15 is 0 Å². The number of carbonyl (C=O) groups is 1. The topological polar surface area (TPSA) is 92.5 Å². The first kappa shape index (κ1) is 13.3. The first-order valence-electron chi connectivity index (χ1n) is 6.25. The van der Waals surface area contributed by atoms with Crippen molar-refractivity contribution < 1.29 is 14.8 Å². The summed E-state index contributed by atoms with van der Waals surface area (Å²) in [4.78, 5) is 21.1. The molecule has 1 aromatic rings. The zero-order valence-corrected chi connectivity index (χ0v) is 10.6. The van der Waals surface area contributed by atoms with E-state index in [9.17, 15) is 14.9 Å². The number of anilines is 1. The molecule has 0 bridgehead atoms. The van der Waals surface area contributed by atoms with Crippen LogP contribution in [0.3, 0.4) is 0 Å². The van der Waals surface area contributed by atoms with E-state index in [0.29, 0.717) is 5.69 Å². The van der Waals surface area contributed by atoms with Crippen LogP contribution in [0.25, 0.3) is 0 Å². The highest BCUT2D eigenvalue weighted by molar-refractivity contribution is 5.93. The quantitative estimate of drug-likeness (QED) is 0.608. The number of nitro groups is 1. The average molecular weight is 264 g/mol. The average Bonchev–Trinajstić information content (AvgIpc) is 3.12. The molecule has 2 rings (SSSR count). The highest BCUT2D eigenvalue weighted by Gasteiger charge is 2.24. The first-order valence-corrected chi connectivity index (χ1v) is 6.25. The Morgan fingerprint density at radius 2 is 2.26 bits per heavy atom. The number of nitrogens with zero attached hydrogens (tertiary/aromatic N) is 1. The van der Waals surface area contributed by atoms with E-state index < -0.39 is 10.9 Å². The Morgan fingerprint density at radius 3 is 2.79 bits per heavy atom. The van der Waals surface area contributed by atoms with Crippen molar-refractivity contribution in [3.05, 3.63) is 33.9 Å². The molecule has 1 aliphatic carbocycles. The molecule has 1 fully saturated rings. The van der Waals surface area contributed by atoms with Crippen LogP contribution in [0, 0.1) is 16.0 Å². The van der Waals surface area contributed by atoms with Gasteiger partial charge in [-0.05, 0) is 31.4 Å². The Balaban J connectivity index is 2.14. The molecule has 1 unspecified atom stereocenters. The lowest BCUT2D eigenvalue weighted by molar-refractivity contribution is -0.385. The molecule has 0 aromatic heterocycles. The van der Waals surface area contributed by atoms with Gasteiger partial charge in [0.2, 0.25) is 0 Å². The fourth-order valence-corrected chi connectivity index (χ4v) is 2.15. The third-order valence-electron chi connectivity index (χ3n) is 3.22. The van der Waals surface area contributed by atoms with Gasteiger partial charge in [-0.15, -0.1) is 0 Å². The van der Waals surface area contributed by atoms with Crippen LogP contribution >= 0.6 is 0 Å². The highest BCUT2D eigenvalue weighted by atomic mass is 16.6. The maximum atomic E-state index is 10.9. The number of aromatic carboxylic acids is 1. The maximum Gasteiger partial charge on any atom is 0.342 e. The fraction of sp³-hybridized carbons (Fsp3) is 0.462. The Kier molecular flexibility index (Phi) is 3.69. The summed E-state index contributed by atoms with van der Waals surface area (Å²) in [7, 11) is 0. The minimum Gasteiger partial charge on any atom is -0.477 e. The minimum atomic E-state index is -1.29. The fourth-order valence-electron chi connectivity index (χ4n) is 2.15. The van der Waals surface area contributed by atoms with Crippen molar-refractivity contribution in [1.29, 1.82) is 0 Å². The summed E-state index contributed by atoms with van der Waals surface area (Å²) < 4.78 is 0. The van der Waals surface area contributed by atoms with Crippen LogP contribution in [0.1, 0.15) is 36.5 Å². The summed E-state index contributed by atoms with van der Waals surface area (Å²) >= 11 is 0. The van der Waals surface area contributed by atoms with Crippen LogP contribution in [-0.2, 0) is 0 Å². The van der Waals surface area contributed by atoms with Gasteiger partial charge in [-0.3, -0.25) is 10.1 Å². The van der Waals surface area contributed by atoms with Gasteiger partial charge in [-0.1, -0.05) is 12.8 Å². The van der Waals surface area contributed by atoms with E-state index in [1.54, 1.807) is 6.07 Å². The molecule has 0 aliphatic heterocycles. The second-order valence-electron chi connectivity index (χ2n) is 5.02. The lowest BCUT2D eigenvalue weighted by atomic mass is 10.1. The molecule has 6 nitrogen and oxygen atoms in total. The van der Waals surface area contributed by atoms with Crippen LogP contribution in [-0.4, -0.2) is 22.0 Å². The number of rotatable bonds is 6. The van der Waals surface area contributed by atoms with Crippen molar-refractivity contribution in [2.45, 2.75) is 32.2 Å². The zero-order valence-electron chi connectivity index (χ0n) is 10.6. The van der Waals surface area contributed by atoms with Gasteiger partial charge >= 0.3 is 5.97 Å². The van der Waals surface area contributed by atoms with Crippen molar-refractivity contribution in [2.75, 3.05) is 5.32 Å². The van der Waals surface area contributed by atoms with Gasteiger partial charge in [0.15, 0.2) is 0 Å². The lowest BCUT2D eigenvalue weighted by Crippen LogP contribution is -2.16. The molecule has 1 aliphatic rings. The molecule has 102 valence electrons. The summed E-state index contributed by atoms with van der Waals surface area (Å²) in [5.41, 5.74) is -0.0774. The summed E-state index contributed by atoms with van der Waals surface area (Å²) in [5.74, 6) is -0.528. The van der Waals surface area contributed by atoms with E-state index in [1.807, 2.05) is 6.92 Å². The van der Waals surface area contributed by atoms with Crippen LogP contribution in [0.15, 0.2) is 18.2 Å². The van der Waals surface area contributed by atoms with E-state index in [1.165, 1.54) is 25.0 Å². The molecular weight excluding hydrogens is 248 g/mol. The van der Waals surface area contributed by atoms with E-state index in [0.717, 1.165) is 12.3 Å². The van der Waals surface area contributed by atoms with Gasteiger partial charge in [-0.2, -0.15) is 0 Å². The summed E-state index contributed by atoms with van der Waals surface area (Å²) in [5, 5.41) is 22.9. The summed E-state index contributed by atoms with van der Waals surface area (Å²) in [6.45, 7) is 2.02. The van der Waals surface area contributed by atoms with Gasteiger partial charge in [0.1, 0.15) is 5.56 Å². The minimum absolute atomic E-state index is 0.225. The van der Waals surface area contributed by atoms with Crippen LogP contribution < -0.4 is 5.32 Å². The smallest absolute Gasteiger partial charge is 0.342 e. The number of nitro benzene ring substituents is 1. The molecule has 1 saturated carbocycles. The van der Waals surface area contributed by atoms with E-state index in [2.05, 4.69) is 5.32 Å². The number of benzene rings is 1. The Bertz CT molecular complexity index is 511. The molecule has 0 radical (unpaired) electrons. The Morgan fingerprint density at radius 1 is 1.58 bits per heavy atom. The van der Waals surface area contributed by atoms with Crippen molar-refractivity contribution in [2.24, 2.45) is 5.92 Å². The van der Waals surface area contributed by atoms with E-state index in [4.69, 9.17) is 5.11 Å². The predicted octanol–water partition coefficient (Wildman–Crippen LogP) is 2.89. The van der Waals surface area contributed by atoms with Crippen molar-refractivity contribution in [1.82, 2.24) is 0 Å². The van der Waals surface area contributed by atoms with Crippen molar-refractivity contribution in [3.8, 4) is 0 Å². The Labute approximate surface area is 110 Å². The molecule has 1 aromatic carbocycles.